The van der Waals surface area contributed by atoms with Crippen LogP contribution in [0.15, 0.2) is 30.4 Å². The number of ether oxygens (including phenoxy) is 2. The first kappa shape index (κ1) is 11.0. The van der Waals surface area contributed by atoms with Crippen molar-refractivity contribution in [3.63, 3.8) is 0 Å². The Bertz CT molecular complexity index is 401. The highest BCUT2D eigenvalue weighted by atomic mass is 16.5. The fourth-order valence-electron chi connectivity index (χ4n) is 1.65. The van der Waals surface area contributed by atoms with Crippen molar-refractivity contribution in [3.05, 3.63) is 35.9 Å². The standard InChI is InChI=1S/C13H17NO2/c1-9(2)5-6-15-10-3-4-11-12(14)8-16-13(11)7-10/h3-4,7,12H,1,5-6,8,14H2,2H3. The molecule has 0 amide bonds. The van der Waals surface area contributed by atoms with E-state index in [9.17, 15) is 0 Å². The fraction of sp³-hybridized carbons (Fsp3) is 0.385. The molecule has 0 bridgehead atoms. The topological polar surface area (TPSA) is 44.5 Å². The van der Waals surface area contributed by atoms with E-state index >= 15 is 0 Å². The van der Waals surface area contributed by atoms with Crippen LogP contribution >= 0.6 is 0 Å². The predicted molar refractivity (Wildman–Crippen MR) is 63.8 cm³/mol. The minimum Gasteiger partial charge on any atom is -0.493 e. The molecule has 0 aliphatic carbocycles. The molecule has 2 rings (SSSR count). The zero-order chi connectivity index (χ0) is 11.5. The second-order valence-corrected chi connectivity index (χ2v) is 4.17. The van der Waals surface area contributed by atoms with Crippen LogP contribution in [-0.4, -0.2) is 13.2 Å². The number of rotatable bonds is 4. The SMILES string of the molecule is C=C(C)CCOc1ccc2c(c1)OCC2N. The predicted octanol–water partition coefficient (Wildman–Crippen LogP) is 2.42. The van der Waals surface area contributed by atoms with Gasteiger partial charge in [0, 0.05) is 18.1 Å². The maximum Gasteiger partial charge on any atom is 0.127 e. The molecule has 16 heavy (non-hydrogen) atoms. The van der Waals surface area contributed by atoms with E-state index < -0.39 is 0 Å². The van der Waals surface area contributed by atoms with Gasteiger partial charge in [0.1, 0.15) is 18.1 Å². The number of hydrogen-bond acceptors (Lipinski definition) is 3. The van der Waals surface area contributed by atoms with Crippen molar-refractivity contribution in [3.8, 4) is 11.5 Å². The van der Waals surface area contributed by atoms with Gasteiger partial charge in [-0.15, -0.1) is 6.58 Å². The monoisotopic (exact) mass is 219 g/mol. The molecule has 1 aromatic carbocycles. The highest BCUT2D eigenvalue weighted by Crippen LogP contribution is 2.33. The summed E-state index contributed by atoms with van der Waals surface area (Å²) in [6.45, 7) is 7.04. The molecule has 0 fully saturated rings. The fourth-order valence-corrected chi connectivity index (χ4v) is 1.65. The summed E-state index contributed by atoms with van der Waals surface area (Å²) in [6, 6.07) is 5.81. The highest BCUT2D eigenvalue weighted by molar-refractivity contribution is 5.44. The summed E-state index contributed by atoms with van der Waals surface area (Å²) < 4.78 is 11.1. The van der Waals surface area contributed by atoms with Gasteiger partial charge in [-0.2, -0.15) is 0 Å². The first-order valence-corrected chi connectivity index (χ1v) is 5.46. The van der Waals surface area contributed by atoms with Crippen LogP contribution in [0.25, 0.3) is 0 Å². The summed E-state index contributed by atoms with van der Waals surface area (Å²) in [6.07, 6.45) is 0.872. The van der Waals surface area contributed by atoms with Crippen molar-refractivity contribution < 1.29 is 9.47 Å². The van der Waals surface area contributed by atoms with Gasteiger partial charge >= 0.3 is 0 Å². The van der Waals surface area contributed by atoms with Gasteiger partial charge in [0.15, 0.2) is 0 Å². The zero-order valence-electron chi connectivity index (χ0n) is 9.53. The molecule has 0 spiro atoms. The molecule has 1 unspecified atom stereocenters. The molecule has 1 aliphatic heterocycles. The molecule has 1 aliphatic rings. The van der Waals surface area contributed by atoms with Gasteiger partial charge < -0.3 is 15.2 Å². The Morgan fingerprint density at radius 2 is 2.44 bits per heavy atom. The normalized spacial score (nSPS) is 17.8. The minimum absolute atomic E-state index is 0.000491. The minimum atomic E-state index is -0.000491. The van der Waals surface area contributed by atoms with Crippen LogP contribution in [0.1, 0.15) is 24.9 Å². The molecule has 1 aromatic rings. The first-order valence-electron chi connectivity index (χ1n) is 5.46. The van der Waals surface area contributed by atoms with E-state index in [2.05, 4.69) is 6.58 Å². The molecule has 3 heteroatoms. The molecular weight excluding hydrogens is 202 g/mol. The van der Waals surface area contributed by atoms with Crippen molar-refractivity contribution in [1.82, 2.24) is 0 Å². The van der Waals surface area contributed by atoms with Crippen LogP contribution < -0.4 is 15.2 Å². The number of benzene rings is 1. The van der Waals surface area contributed by atoms with Crippen LogP contribution in [-0.2, 0) is 0 Å². The molecule has 0 radical (unpaired) electrons. The third-order valence-corrected chi connectivity index (χ3v) is 2.60. The second kappa shape index (κ2) is 4.58. The number of fused-ring (bicyclic) bond motifs is 1. The van der Waals surface area contributed by atoms with Crippen LogP contribution in [0, 0.1) is 0 Å². The van der Waals surface area contributed by atoms with E-state index in [1.807, 2.05) is 25.1 Å². The Balaban J connectivity index is 1.99. The summed E-state index contributed by atoms with van der Waals surface area (Å²) in [5, 5.41) is 0. The van der Waals surface area contributed by atoms with Gasteiger partial charge in [0.25, 0.3) is 0 Å². The van der Waals surface area contributed by atoms with Crippen molar-refractivity contribution in [2.24, 2.45) is 5.73 Å². The Morgan fingerprint density at radius 3 is 3.19 bits per heavy atom. The summed E-state index contributed by atoms with van der Waals surface area (Å²) in [4.78, 5) is 0. The maximum absolute atomic E-state index is 5.86. The Hall–Kier alpha value is -1.48. The summed E-state index contributed by atoms with van der Waals surface area (Å²) in [7, 11) is 0. The largest absolute Gasteiger partial charge is 0.493 e. The molecule has 0 saturated heterocycles. The van der Waals surface area contributed by atoms with E-state index in [4.69, 9.17) is 15.2 Å². The lowest BCUT2D eigenvalue weighted by atomic mass is 10.1. The highest BCUT2D eigenvalue weighted by Gasteiger charge is 2.20. The van der Waals surface area contributed by atoms with E-state index in [1.54, 1.807) is 0 Å². The maximum atomic E-state index is 5.86. The third-order valence-electron chi connectivity index (χ3n) is 2.60. The van der Waals surface area contributed by atoms with Gasteiger partial charge in [-0.05, 0) is 19.1 Å². The van der Waals surface area contributed by atoms with Crippen LogP contribution in [0.5, 0.6) is 11.5 Å². The third kappa shape index (κ3) is 2.36. The summed E-state index contributed by atoms with van der Waals surface area (Å²) in [5.41, 5.74) is 8.05. The van der Waals surface area contributed by atoms with Crippen molar-refractivity contribution in [1.29, 1.82) is 0 Å². The average Bonchev–Trinajstić information content (AvgIpc) is 2.60. The number of hydrogen-bond donors (Lipinski definition) is 1. The average molecular weight is 219 g/mol. The van der Waals surface area contributed by atoms with E-state index in [1.165, 1.54) is 0 Å². The lowest BCUT2D eigenvalue weighted by Gasteiger charge is -2.07. The zero-order valence-corrected chi connectivity index (χ0v) is 9.53. The Morgan fingerprint density at radius 1 is 1.62 bits per heavy atom. The van der Waals surface area contributed by atoms with Gasteiger partial charge in [0.2, 0.25) is 0 Å². The second-order valence-electron chi connectivity index (χ2n) is 4.17. The molecule has 1 heterocycles. The lowest BCUT2D eigenvalue weighted by Crippen LogP contribution is -2.10. The molecule has 1 atom stereocenters. The summed E-state index contributed by atoms with van der Waals surface area (Å²) >= 11 is 0. The Labute approximate surface area is 95.9 Å². The van der Waals surface area contributed by atoms with Crippen molar-refractivity contribution in [2.75, 3.05) is 13.2 Å². The number of nitrogens with two attached hydrogens (primary N) is 1. The first-order chi connectivity index (χ1) is 7.66. The van der Waals surface area contributed by atoms with E-state index in [0.29, 0.717) is 13.2 Å². The molecule has 0 aromatic heterocycles. The molecule has 2 N–H and O–H groups in total. The van der Waals surface area contributed by atoms with Gasteiger partial charge in [-0.25, -0.2) is 0 Å². The molecular formula is C13H17NO2. The van der Waals surface area contributed by atoms with Gasteiger partial charge in [-0.1, -0.05) is 5.57 Å². The Kier molecular flexibility index (Phi) is 3.15. The molecule has 3 nitrogen and oxygen atoms in total. The van der Waals surface area contributed by atoms with Crippen molar-refractivity contribution >= 4 is 0 Å². The van der Waals surface area contributed by atoms with Crippen LogP contribution in [0.3, 0.4) is 0 Å². The van der Waals surface area contributed by atoms with Gasteiger partial charge in [0.05, 0.1) is 12.6 Å². The van der Waals surface area contributed by atoms with E-state index in [-0.39, 0.29) is 6.04 Å². The van der Waals surface area contributed by atoms with Gasteiger partial charge in [-0.3, -0.25) is 0 Å². The van der Waals surface area contributed by atoms with Crippen molar-refractivity contribution in [2.45, 2.75) is 19.4 Å². The summed E-state index contributed by atoms with van der Waals surface area (Å²) in [5.74, 6) is 1.68. The smallest absolute Gasteiger partial charge is 0.127 e. The molecule has 86 valence electrons. The van der Waals surface area contributed by atoms with Crippen LogP contribution in [0.2, 0.25) is 0 Å². The molecule has 0 saturated carbocycles. The lowest BCUT2D eigenvalue weighted by molar-refractivity contribution is 0.313. The van der Waals surface area contributed by atoms with E-state index in [0.717, 1.165) is 29.1 Å². The van der Waals surface area contributed by atoms with Crippen LogP contribution in [0.4, 0.5) is 0 Å². The quantitative estimate of drug-likeness (QED) is 0.791.